The molecule has 0 radical (unpaired) electrons. The smallest absolute Gasteiger partial charge is 0.224 e. The van der Waals surface area contributed by atoms with Gasteiger partial charge in [-0.25, -0.2) is 4.98 Å². The number of anilines is 1. The summed E-state index contributed by atoms with van der Waals surface area (Å²) in [7, 11) is 0. The standard InChI is InChI=1S/C11H11Cl2N3/c12-8-5-14-11(13)16-10(8)15-9-4-6-1-2-7(9)3-6/h1-2,5-7,9H,3-4H2,(H,14,15,16)/t6-,7-,9?/m1/s1. The number of nitrogens with zero attached hydrogens (tertiary/aromatic N) is 2. The zero-order valence-corrected chi connectivity index (χ0v) is 10.0. The Balaban J connectivity index is 1.79. The lowest BCUT2D eigenvalue weighted by atomic mass is 10.0. The lowest BCUT2D eigenvalue weighted by Crippen LogP contribution is -2.24. The van der Waals surface area contributed by atoms with Crippen LogP contribution < -0.4 is 5.32 Å². The molecule has 0 aliphatic heterocycles. The van der Waals surface area contributed by atoms with Crippen LogP contribution in [0.2, 0.25) is 10.3 Å². The van der Waals surface area contributed by atoms with Gasteiger partial charge < -0.3 is 5.32 Å². The molecule has 1 N–H and O–H groups in total. The van der Waals surface area contributed by atoms with E-state index < -0.39 is 0 Å². The molecule has 0 aromatic carbocycles. The fourth-order valence-electron chi connectivity index (χ4n) is 2.57. The first kappa shape index (κ1) is 10.4. The second-order valence-electron chi connectivity index (χ2n) is 4.37. The van der Waals surface area contributed by atoms with Crippen LogP contribution in [0.3, 0.4) is 0 Å². The van der Waals surface area contributed by atoms with E-state index in [0.29, 0.717) is 22.8 Å². The van der Waals surface area contributed by atoms with E-state index in [0.717, 1.165) is 12.3 Å². The lowest BCUT2D eigenvalue weighted by molar-refractivity contribution is 0.612. The molecule has 5 heteroatoms. The maximum absolute atomic E-state index is 6.01. The minimum absolute atomic E-state index is 0.227. The van der Waals surface area contributed by atoms with Gasteiger partial charge in [0.2, 0.25) is 5.28 Å². The highest BCUT2D eigenvalue weighted by molar-refractivity contribution is 6.33. The Bertz CT molecular complexity index is 447. The molecule has 2 aliphatic rings. The lowest BCUT2D eigenvalue weighted by Gasteiger charge is -2.20. The van der Waals surface area contributed by atoms with E-state index in [1.165, 1.54) is 12.6 Å². The van der Waals surface area contributed by atoms with E-state index >= 15 is 0 Å². The molecule has 2 aliphatic carbocycles. The van der Waals surface area contributed by atoms with E-state index in [4.69, 9.17) is 23.2 Å². The fraction of sp³-hybridized carbons (Fsp3) is 0.455. The molecule has 0 amide bonds. The van der Waals surface area contributed by atoms with Gasteiger partial charge in [0.1, 0.15) is 10.8 Å². The van der Waals surface area contributed by atoms with Gasteiger partial charge >= 0.3 is 0 Å². The Morgan fingerprint density at radius 1 is 1.25 bits per heavy atom. The number of halogens is 2. The molecule has 1 aromatic heterocycles. The summed E-state index contributed by atoms with van der Waals surface area (Å²) in [5.74, 6) is 1.97. The van der Waals surface area contributed by atoms with Crippen molar-refractivity contribution in [3.63, 3.8) is 0 Å². The largest absolute Gasteiger partial charge is 0.365 e. The predicted octanol–water partition coefficient (Wildman–Crippen LogP) is 3.16. The normalized spacial score (nSPS) is 31.0. The molecule has 0 saturated heterocycles. The van der Waals surface area contributed by atoms with Gasteiger partial charge in [-0.15, -0.1) is 0 Å². The van der Waals surface area contributed by atoms with Crippen molar-refractivity contribution in [2.75, 3.05) is 5.32 Å². The van der Waals surface area contributed by atoms with E-state index in [1.54, 1.807) is 0 Å². The van der Waals surface area contributed by atoms with Gasteiger partial charge in [0, 0.05) is 6.04 Å². The maximum atomic E-state index is 6.01. The Morgan fingerprint density at radius 3 is 2.81 bits per heavy atom. The van der Waals surface area contributed by atoms with E-state index in [9.17, 15) is 0 Å². The van der Waals surface area contributed by atoms with Gasteiger partial charge in [0.05, 0.1) is 6.20 Å². The van der Waals surface area contributed by atoms with E-state index in [-0.39, 0.29) is 5.28 Å². The van der Waals surface area contributed by atoms with Crippen LogP contribution in [-0.2, 0) is 0 Å². The summed E-state index contributed by atoms with van der Waals surface area (Å²) in [5, 5.41) is 4.11. The number of allylic oxidation sites excluding steroid dienone is 1. The highest BCUT2D eigenvalue weighted by Crippen LogP contribution is 2.40. The summed E-state index contributed by atoms with van der Waals surface area (Å²) < 4.78 is 0. The van der Waals surface area contributed by atoms with Crippen molar-refractivity contribution < 1.29 is 0 Å². The number of aromatic nitrogens is 2. The average molecular weight is 256 g/mol. The number of rotatable bonds is 2. The van der Waals surface area contributed by atoms with Crippen molar-refractivity contribution in [1.29, 1.82) is 0 Å². The zero-order valence-electron chi connectivity index (χ0n) is 8.53. The van der Waals surface area contributed by atoms with Crippen molar-refractivity contribution >= 4 is 29.0 Å². The van der Waals surface area contributed by atoms with Crippen LogP contribution in [0.25, 0.3) is 0 Å². The molecule has 1 aromatic rings. The van der Waals surface area contributed by atoms with Crippen LogP contribution >= 0.6 is 23.2 Å². The van der Waals surface area contributed by atoms with E-state index in [2.05, 4.69) is 27.4 Å². The van der Waals surface area contributed by atoms with Crippen LogP contribution in [0, 0.1) is 11.8 Å². The summed E-state index contributed by atoms with van der Waals surface area (Å²) in [4.78, 5) is 7.94. The highest BCUT2D eigenvalue weighted by atomic mass is 35.5. The van der Waals surface area contributed by atoms with Crippen LogP contribution in [0.5, 0.6) is 0 Å². The molecular formula is C11H11Cl2N3. The minimum Gasteiger partial charge on any atom is -0.365 e. The second-order valence-corrected chi connectivity index (χ2v) is 5.11. The average Bonchev–Trinajstić information content (AvgIpc) is 2.85. The van der Waals surface area contributed by atoms with Gasteiger partial charge in [-0.2, -0.15) is 4.98 Å². The first-order valence-corrected chi connectivity index (χ1v) is 6.11. The third kappa shape index (κ3) is 1.78. The molecule has 1 heterocycles. The van der Waals surface area contributed by atoms with Crippen LogP contribution in [0.15, 0.2) is 18.3 Å². The number of hydrogen-bond donors (Lipinski definition) is 1. The Hall–Kier alpha value is -0.800. The van der Waals surface area contributed by atoms with Crippen LogP contribution in [0.1, 0.15) is 12.8 Å². The van der Waals surface area contributed by atoms with Crippen LogP contribution in [-0.4, -0.2) is 16.0 Å². The molecule has 16 heavy (non-hydrogen) atoms. The zero-order chi connectivity index (χ0) is 11.1. The number of nitrogens with one attached hydrogen (secondary N) is 1. The summed E-state index contributed by atoms with van der Waals surface area (Å²) in [6.07, 6.45) is 8.51. The van der Waals surface area contributed by atoms with Gasteiger partial charge in [0.25, 0.3) is 0 Å². The van der Waals surface area contributed by atoms with Crippen molar-refractivity contribution in [1.82, 2.24) is 9.97 Å². The third-order valence-corrected chi connectivity index (χ3v) is 3.77. The first-order chi connectivity index (χ1) is 7.72. The SMILES string of the molecule is Clc1ncc(Cl)c(NC2C[C@@H]3C=C[C@@H]2C3)n1. The quantitative estimate of drug-likeness (QED) is 0.652. The topological polar surface area (TPSA) is 37.8 Å². The highest BCUT2D eigenvalue weighted by Gasteiger charge is 2.35. The molecule has 3 nitrogen and oxygen atoms in total. The van der Waals surface area contributed by atoms with Crippen LogP contribution in [0.4, 0.5) is 5.82 Å². The predicted molar refractivity (Wildman–Crippen MR) is 64.8 cm³/mol. The molecule has 84 valence electrons. The first-order valence-electron chi connectivity index (χ1n) is 5.35. The maximum Gasteiger partial charge on any atom is 0.224 e. The monoisotopic (exact) mass is 255 g/mol. The summed E-state index contributed by atoms with van der Waals surface area (Å²) >= 11 is 11.8. The van der Waals surface area contributed by atoms with E-state index in [1.807, 2.05) is 0 Å². The summed E-state index contributed by atoms with van der Waals surface area (Å²) in [6.45, 7) is 0. The molecule has 0 spiro atoms. The van der Waals surface area contributed by atoms with Gasteiger partial charge in [-0.05, 0) is 36.3 Å². The Kier molecular flexibility index (Phi) is 2.52. The number of hydrogen-bond acceptors (Lipinski definition) is 3. The molecule has 1 fully saturated rings. The van der Waals surface area contributed by atoms with Crippen molar-refractivity contribution in [3.05, 3.63) is 28.7 Å². The molecule has 2 bridgehead atoms. The molecule has 3 rings (SSSR count). The van der Waals surface area contributed by atoms with Crippen molar-refractivity contribution in [2.24, 2.45) is 11.8 Å². The molecule has 1 unspecified atom stereocenters. The minimum atomic E-state index is 0.227. The fourth-order valence-corrected chi connectivity index (χ4v) is 2.85. The summed E-state index contributed by atoms with van der Waals surface area (Å²) in [6, 6.07) is 0.429. The summed E-state index contributed by atoms with van der Waals surface area (Å²) in [5.41, 5.74) is 0. The van der Waals surface area contributed by atoms with Gasteiger partial charge in [0.15, 0.2) is 0 Å². The molecular weight excluding hydrogens is 245 g/mol. The van der Waals surface area contributed by atoms with Gasteiger partial charge in [-0.1, -0.05) is 23.8 Å². The Morgan fingerprint density at radius 2 is 2.12 bits per heavy atom. The second kappa shape index (κ2) is 3.90. The van der Waals surface area contributed by atoms with Crippen molar-refractivity contribution in [3.8, 4) is 0 Å². The molecule has 1 saturated carbocycles. The third-order valence-electron chi connectivity index (χ3n) is 3.32. The molecule has 3 atom stereocenters. The Labute approximate surface area is 104 Å². The number of fused-ring (bicyclic) bond motifs is 2. The van der Waals surface area contributed by atoms with Gasteiger partial charge in [-0.3, -0.25) is 0 Å². The van der Waals surface area contributed by atoms with Crippen molar-refractivity contribution in [2.45, 2.75) is 18.9 Å².